The van der Waals surface area contributed by atoms with Crippen LogP contribution in [0.25, 0.3) is 0 Å². The first-order valence-electron chi connectivity index (χ1n) is 8.77. The highest BCUT2D eigenvalue weighted by atomic mass is 16.2. The zero-order valence-electron chi connectivity index (χ0n) is 14.4. The minimum absolute atomic E-state index is 0.0157. The second-order valence-corrected chi connectivity index (χ2v) is 6.85. The Morgan fingerprint density at radius 1 is 1.24 bits per heavy atom. The predicted molar refractivity (Wildman–Crippen MR) is 93.1 cm³/mol. The number of carbonyl (C=O) groups excluding carboxylic acids is 2. The van der Waals surface area contributed by atoms with Gasteiger partial charge < -0.3 is 9.80 Å². The molecule has 6 heteroatoms. The Hall–Kier alpha value is -2.63. The molecule has 25 heavy (non-hydrogen) atoms. The number of carbonyl (C=O) groups is 2. The van der Waals surface area contributed by atoms with Crippen LogP contribution < -0.4 is 0 Å². The molecule has 0 spiro atoms. The Kier molecular flexibility index (Phi) is 4.03. The van der Waals surface area contributed by atoms with Crippen LogP contribution in [0.1, 0.15) is 34.5 Å². The maximum absolute atomic E-state index is 12.9. The molecule has 6 nitrogen and oxygen atoms in total. The minimum atomic E-state index is 0.0157. The molecule has 2 aliphatic rings. The second-order valence-electron chi connectivity index (χ2n) is 6.85. The summed E-state index contributed by atoms with van der Waals surface area (Å²) >= 11 is 0. The number of hydrogen-bond donors (Lipinski definition) is 0. The number of aryl methyl sites for hydroxylation is 1. The highest BCUT2D eigenvalue weighted by Crippen LogP contribution is 2.24. The highest BCUT2D eigenvalue weighted by Gasteiger charge is 2.39. The van der Waals surface area contributed by atoms with Crippen LogP contribution in [0, 0.1) is 0 Å². The Balaban J connectivity index is 1.46. The van der Waals surface area contributed by atoms with E-state index in [4.69, 9.17) is 0 Å². The van der Waals surface area contributed by atoms with E-state index < -0.39 is 0 Å². The molecule has 3 heterocycles. The lowest BCUT2D eigenvalue weighted by Crippen LogP contribution is -2.61. The molecule has 130 valence electrons. The van der Waals surface area contributed by atoms with Crippen LogP contribution in [0.5, 0.6) is 0 Å². The van der Waals surface area contributed by atoms with Crippen LogP contribution in [0.2, 0.25) is 0 Å². The standard InChI is InChI=1S/C19H22N4O2/c1-21-17(10-14-6-3-2-4-7-14)16(11-20-21)19(25)22-12-15(13-22)23-9-5-8-18(23)24/h2-4,6-7,11,15H,5,8-10,12-13H2,1H3. The van der Waals surface area contributed by atoms with Gasteiger partial charge in [-0.3, -0.25) is 14.3 Å². The van der Waals surface area contributed by atoms with Gasteiger partial charge in [-0.1, -0.05) is 30.3 Å². The van der Waals surface area contributed by atoms with Gasteiger partial charge in [0.25, 0.3) is 5.91 Å². The molecule has 0 atom stereocenters. The van der Waals surface area contributed by atoms with Crippen molar-refractivity contribution in [1.29, 1.82) is 0 Å². The lowest BCUT2D eigenvalue weighted by molar-refractivity contribution is -0.132. The number of aromatic nitrogens is 2. The van der Waals surface area contributed by atoms with Crippen molar-refractivity contribution in [2.24, 2.45) is 7.05 Å². The lowest BCUT2D eigenvalue weighted by Gasteiger charge is -2.43. The summed E-state index contributed by atoms with van der Waals surface area (Å²) in [6.45, 7) is 2.09. The molecular formula is C19H22N4O2. The van der Waals surface area contributed by atoms with Crippen molar-refractivity contribution in [3.8, 4) is 0 Å². The first-order chi connectivity index (χ1) is 12.1. The van der Waals surface area contributed by atoms with Gasteiger partial charge in [-0.15, -0.1) is 0 Å². The van der Waals surface area contributed by atoms with Gasteiger partial charge in [-0.25, -0.2) is 0 Å². The van der Waals surface area contributed by atoms with Crippen molar-refractivity contribution in [3.05, 3.63) is 53.3 Å². The molecule has 2 fully saturated rings. The first-order valence-corrected chi connectivity index (χ1v) is 8.77. The van der Waals surface area contributed by atoms with Gasteiger partial charge in [0.2, 0.25) is 5.91 Å². The van der Waals surface area contributed by atoms with E-state index in [1.54, 1.807) is 10.9 Å². The number of amides is 2. The zero-order chi connectivity index (χ0) is 17.4. The lowest BCUT2D eigenvalue weighted by atomic mass is 10.0. The van der Waals surface area contributed by atoms with Gasteiger partial charge in [0.05, 0.1) is 23.5 Å². The quantitative estimate of drug-likeness (QED) is 0.848. The monoisotopic (exact) mass is 338 g/mol. The Morgan fingerprint density at radius 3 is 2.68 bits per heavy atom. The summed E-state index contributed by atoms with van der Waals surface area (Å²) in [6, 6.07) is 10.3. The summed E-state index contributed by atoms with van der Waals surface area (Å²) in [5, 5.41) is 4.29. The second kappa shape index (κ2) is 6.35. The average molecular weight is 338 g/mol. The average Bonchev–Trinajstić information content (AvgIpc) is 3.14. The fourth-order valence-corrected chi connectivity index (χ4v) is 3.68. The molecule has 1 aromatic carbocycles. The molecule has 0 N–H and O–H groups in total. The van der Waals surface area contributed by atoms with Gasteiger partial charge in [0, 0.05) is 39.5 Å². The molecule has 0 bridgehead atoms. The van der Waals surface area contributed by atoms with Crippen molar-refractivity contribution in [1.82, 2.24) is 19.6 Å². The largest absolute Gasteiger partial charge is 0.336 e. The first kappa shape index (κ1) is 15.9. The van der Waals surface area contributed by atoms with Crippen LogP contribution in [0.4, 0.5) is 0 Å². The van der Waals surface area contributed by atoms with Crippen molar-refractivity contribution in [3.63, 3.8) is 0 Å². The van der Waals surface area contributed by atoms with Gasteiger partial charge >= 0.3 is 0 Å². The molecule has 0 aliphatic carbocycles. The van der Waals surface area contributed by atoms with E-state index in [1.165, 1.54) is 0 Å². The fraction of sp³-hybridized carbons (Fsp3) is 0.421. The van der Waals surface area contributed by atoms with Crippen molar-refractivity contribution in [2.75, 3.05) is 19.6 Å². The molecule has 2 aliphatic heterocycles. The van der Waals surface area contributed by atoms with E-state index in [1.807, 2.05) is 35.0 Å². The van der Waals surface area contributed by atoms with Gasteiger partial charge in [-0.05, 0) is 12.0 Å². The number of benzene rings is 1. The van der Waals surface area contributed by atoms with Crippen molar-refractivity contribution in [2.45, 2.75) is 25.3 Å². The topological polar surface area (TPSA) is 58.4 Å². The van der Waals surface area contributed by atoms with Crippen LogP contribution in [0.15, 0.2) is 36.5 Å². The molecule has 0 saturated carbocycles. The summed E-state index contributed by atoms with van der Waals surface area (Å²) < 4.78 is 1.78. The summed E-state index contributed by atoms with van der Waals surface area (Å²) in [5.41, 5.74) is 2.75. The maximum atomic E-state index is 12.9. The van der Waals surface area contributed by atoms with Gasteiger partial charge in [0.1, 0.15) is 0 Å². The molecule has 4 rings (SSSR count). The normalized spacial score (nSPS) is 17.9. The smallest absolute Gasteiger partial charge is 0.257 e. The molecule has 2 saturated heterocycles. The van der Waals surface area contributed by atoms with Crippen LogP contribution in [0.3, 0.4) is 0 Å². The van der Waals surface area contributed by atoms with E-state index in [0.29, 0.717) is 31.5 Å². The van der Waals surface area contributed by atoms with E-state index >= 15 is 0 Å². The predicted octanol–water partition coefficient (Wildman–Crippen LogP) is 1.46. The third-order valence-electron chi connectivity index (χ3n) is 5.21. The van der Waals surface area contributed by atoms with Crippen molar-refractivity contribution < 1.29 is 9.59 Å². The zero-order valence-corrected chi connectivity index (χ0v) is 14.4. The number of nitrogens with zero attached hydrogens (tertiary/aromatic N) is 4. The van der Waals surface area contributed by atoms with E-state index in [9.17, 15) is 9.59 Å². The number of rotatable bonds is 4. The highest BCUT2D eigenvalue weighted by molar-refractivity contribution is 5.96. The number of likely N-dealkylation sites (tertiary alicyclic amines) is 2. The molecule has 2 amide bonds. The minimum Gasteiger partial charge on any atom is -0.336 e. The fourth-order valence-electron chi connectivity index (χ4n) is 3.68. The molecule has 0 unspecified atom stereocenters. The van der Waals surface area contributed by atoms with Crippen LogP contribution >= 0.6 is 0 Å². The molecule has 0 radical (unpaired) electrons. The van der Waals surface area contributed by atoms with Crippen LogP contribution in [-0.2, 0) is 18.3 Å². The SMILES string of the molecule is Cn1ncc(C(=O)N2CC(N3CCCC3=O)C2)c1Cc1ccccc1. The Morgan fingerprint density at radius 2 is 2.00 bits per heavy atom. The van der Waals surface area contributed by atoms with E-state index in [-0.39, 0.29) is 17.9 Å². The Bertz CT molecular complexity index is 793. The summed E-state index contributed by atoms with van der Waals surface area (Å²) in [7, 11) is 1.87. The third-order valence-corrected chi connectivity index (χ3v) is 5.21. The summed E-state index contributed by atoms with van der Waals surface area (Å²) in [6.07, 6.45) is 3.93. The van der Waals surface area contributed by atoms with E-state index in [0.717, 1.165) is 24.2 Å². The Labute approximate surface area is 147 Å². The third kappa shape index (κ3) is 2.92. The summed E-state index contributed by atoms with van der Waals surface area (Å²) in [5.74, 6) is 0.241. The summed E-state index contributed by atoms with van der Waals surface area (Å²) in [4.78, 5) is 28.4. The van der Waals surface area contributed by atoms with Crippen molar-refractivity contribution >= 4 is 11.8 Å². The van der Waals surface area contributed by atoms with Gasteiger partial charge in [-0.2, -0.15) is 5.10 Å². The maximum Gasteiger partial charge on any atom is 0.257 e. The van der Waals surface area contributed by atoms with E-state index in [2.05, 4.69) is 17.2 Å². The van der Waals surface area contributed by atoms with Gasteiger partial charge in [0.15, 0.2) is 0 Å². The molecular weight excluding hydrogens is 316 g/mol. The molecule has 2 aromatic rings. The molecule has 1 aromatic heterocycles. The number of hydrogen-bond acceptors (Lipinski definition) is 3. The van der Waals surface area contributed by atoms with Crippen LogP contribution in [-0.4, -0.2) is 57.1 Å².